The van der Waals surface area contributed by atoms with Crippen LogP contribution in [0.2, 0.25) is 5.02 Å². The van der Waals surface area contributed by atoms with Crippen molar-refractivity contribution in [2.75, 3.05) is 11.9 Å². The fourth-order valence-electron chi connectivity index (χ4n) is 2.42. The summed E-state index contributed by atoms with van der Waals surface area (Å²) in [5.74, 6) is 0.663. The summed E-state index contributed by atoms with van der Waals surface area (Å²) in [6, 6.07) is 7.72. The highest BCUT2D eigenvalue weighted by Gasteiger charge is 2.09. The molecule has 142 valence electrons. The number of hydrogen-bond acceptors (Lipinski definition) is 3. The molecule has 0 unspecified atom stereocenters. The Kier molecular flexibility index (Phi) is 7.28. The van der Waals surface area contributed by atoms with E-state index in [0.717, 1.165) is 39.0 Å². The van der Waals surface area contributed by atoms with Crippen molar-refractivity contribution in [2.45, 2.75) is 19.5 Å². The van der Waals surface area contributed by atoms with Crippen LogP contribution in [0.5, 0.6) is 0 Å². The number of nitrogens with zero attached hydrogens (tertiary/aromatic N) is 4. The molecule has 3 aromatic rings. The van der Waals surface area contributed by atoms with E-state index in [1.807, 2.05) is 46.0 Å². The van der Waals surface area contributed by atoms with Gasteiger partial charge in [-0.3, -0.25) is 9.36 Å². The van der Waals surface area contributed by atoms with Gasteiger partial charge in [-0.2, -0.15) is 10.2 Å². The second-order valence-corrected chi connectivity index (χ2v) is 8.36. The molecule has 0 bridgehead atoms. The summed E-state index contributed by atoms with van der Waals surface area (Å²) < 4.78 is 5.51. The van der Waals surface area contributed by atoms with Crippen molar-refractivity contribution < 1.29 is 0 Å². The Morgan fingerprint density at radius 1 is 1.19 bits per heavy atom. The zero-order valence-corrected chi connectivity index (χ0v) is 18.9. The van der Waals surface area contributed by atoms with Gasteiger partial charge in [0, 0.05) is 30.5 Å². The van der Waals surface area contributed by atoms with E-state index in [4.69, 9.17) is 23.8 Å². The van der Waals surface area contributed by atoms with Crippen molar-refractivity contribution in [3.8, 4) is 0 Å². The van der Waals surface area contributed by atoms with Crippen LogP contribution in [0, 0.1) is 0 Å². The van der Waals surface area contributed by atoms with Gasteiger partial charge in [-0.15, -0.1) is 0 Å². The van der Waals surface area contributed by atoms with Gasteiger partial charge in [-0.25, -0.2) is 0 Å². The number of halogens is 3. The number of aromatic nitrogens is 4. The number of anilines is 1. The first-order valence-electron chi connectivity index (χ1n) is 8.20. The van der Waals surface area contributed by atoms with Crippen LogP contribution in [0.15, 0.2) is 51.8 Å². The van der Waals surface area contributed by atoms with Crippen LogP contribution >= 0.6 is 55.7 Å². The number of hydrogen-bond donors (Lipinski definition) is 2. The molecule has 0 aliphatic heterocycles. The molecular weight excluding hydrogens is 516 g/mol. The van der Waals surface area contributed by atoms with Gasteiger partial charge in [0.2, 0.25) is 0 Å². The van der Waals surface area contributed by atoms with Gasteiger partial charge in [0.1, 0.15) is 0 Å². The molecule has 2 aromatic heterocycles. The minimum Gasteiger partial charge on any atom is -0.362 e. The number of thiocarbonyl (C=S) groups is 1. The predicted octanol–water partition coefficient (Wildman–Crippen LogP) is 4.68. The second-order valence-electron chi connectivity index (χ2n) is 5.77. The average Bonchev–Trinajstić information content (AvgIpc) is 3.19. The van der Waals surface area contributed by atoms with Gasteiger partial charge < -0.3 is 10.6 Å². The van der Waals surface area contributed by atoms with Crippen molar-refractivity contribution in [1.29, 1.82) is 0 Å². The van der Waals surface area contributed by atoms with Crippen molar-refractivity contribution >= 4 is 66.6 Å². The summed E-state index contributed by atoms with van der Waals surface area (Å²) in [7, 11) is 0. The van der Waals surface area contributed by atoms with Crippen LogP contribution in [-0.2, 0) is 13.1 Å². The molecule has 0 amide bonds. The molecule has 27 heavy (non-hydrogen) atoms. The number of aryl methyl sites for hydroxylation is 1. The van der Waals surface area contributed by atoms with E-state index >= 15 is 0 Å². The first-order chi connectivity index (χ1) is 13.0. The monoisotopic (exact) mass is 530 g/mol. The Morgan fingerprint density at radius 3 is 2.74 bits per heavy atom. The molecule has 0 spiro atoms. The zero-order chi connectivity index (χ0) is 19.2. The van der Waals surface area contributed by atoms with Crippen molar-refractivity contribution in [1.82, 2.24) is 24.9 Å². The molecule has 1 aromatic carbocycles. The third-order valence-electron chi connectivity index (χ3n) is 3.69. The minimum absolute atomic E-state index is 0.528. The maximum Gasteiger partial charge on any atom is 0.172 e. The van der Waals surface area contributed by atoms with Crippen LogP contribution in [0.4, 0.5) is 5.82 Å². The highest BCUT2D eigenvalue weighted by Crippen LogP contribution is 2.22. The van der Waals surface area contributed by atoms with Gasteiger partial charge in [-0.1, -0.05) is 29.8 Å². The molecule has 0 aliphatic carbocycles. The maximum atomic E-state index is 6.21. The van der Waals surface area contributed by atoms with Crippen LogP contribution in [0.1, 0.15) is 12.0 Å². The molecule has 0 atom stereocenters. The van der Waals surface area contributed by atoms with Crippen LogP contribution in [0.3, 0.4) is 0 Å². The first kappa shape index (κ1) is 20.3. The molecule has 2 heterocycles. The SMILES string of the molecule is S=C(NCCCn1cc(Br)cn1)Nc1nn(Cc2ccccc2Cl)cc1Br. The topological polar surface area (TPSA) is 59.7 Å². The summed E-state index contributed by atoms with van der Waals surface area (Å²) in [5.41, 5.74) is 1.01. The molecule has 0 aliphatic rings. The van der Waals surface area contributed by atoms with Gasteiger partial charge in [0.25, 0.3) is 0 Å². The van der Waals surface area contributed by atoms with Gasteiger partial charge >= 0.3 is 0 Å². The molecule has 10 heteroatoms. The van der Waals surface area contributed by atoms with E-state index in [-0.39, 0.29) is 0 Å². The second kappa shape index (κ2) is 9.68. The molecule has 0 saturated heterocycles. The number of nitrogens with one attached hydrogen (secondary N) is 2. The number of benzene rings is 1. The Balaban J connectivity index is 1.47. The summed E-state index contributed by atoms with van der Waals surface area (Å²) >= 11 is 18.5. The molecule has 0 radical (unpaired) electrons. The lowest BCUT2D eigenvalue weighted by atomic mass is 10.2. The van der Waals surface area contributed by atoms with Crippen LogP contribution < -0.4 is 10.6 Å². The summed E-state index contributed by atoms with van der Waals surface area (Å²) in [5, 5.41) is 16.3. The highest BCUT2D eigenvalue weighted by atomic mass is 79.9. The van der Waals surface area contributed by atoms with E-state index in [1.165, 1.54) is 0 Å². The van der Waals surface area contributed by atoms with Crippen molar-refractivity contribution in [3.05, 3.63) is 62.4 Å². The van der Waals surface area contributed by atoms with Crippen LogP contribution in [-0.4, -0.2) is 31.2 Å². The normalized spacial score (nSPS) is 10.8. The number of rotatable bonds is 7. The van der Waals surface area contributed by atoms with Gasteiger partial charge in [0.05, 0.1) is 21.7 Å². The fourth-order valence-corrected chi connectivity index (χ4v) is 3.56. The molecular formula is C17H17Br2ClN6S. The maximum absolute atomic E-state index is 6.21. The Bertz CT molecular complexity index is 926. The van der Waals surface area contributed by atoms with Crippen molar-refractivity contribution in [2.24, 2.45) is 0 Å². The fraction of sp³-hybridized carbons (Fsp3) is 0.235. The third kappa shape index (κ3) is 6.03. The molecule has 6 nitrogen and oxygen atoms in total. The summed E-state index contributed by atoms with van der Waals surface area (Å²) in [6.07, 6.45) is 6.51. The zero-order valence-electron chi connectivity index (χ0n) is 14.2. The van der Waals surface area contributed by atoms with E-state index < -0.39 is 0 Å². The minimum atomic E-state index is 0.528. The molecule has 2 N–H and O–H groups in total. The third-order valence-corrected chi connectivity index (χ3v) is 5.30. The first-order valence-corrected chi connectivity index (χ1v) is 10.6. The van der Waals surface area contributed by atoms with E-state index in [0.29, 0.717) is 17.5 Å². The van der Waals surface area contributed by atoms with Crippen LogP contribution in [0.25, 0.3) is 0 Å². The lowest BCUT2D eigenvalue weighted by Crippen LogP contribution is -2.30. The standard InChI is InChI=1S/C17H17Br2ClN6S/c18-13-8-22-25(10-13)7-3-6-21-17(27)23-16-14(19)11-26(24-16)9-12-4-1-2-5-15(12)20/h1-2,4-5,8,10-11H,3,6-7,9H2,(H2,21,23,24,27). The van der Waals surface area contributed by atoms with E-state index in [9.17, 15) is 0 Å². The molecule has 0 saturated carbocycles. The van der Waals surface area contributed by atoms with E-state index in [2.05, 4.69) is 52.7 Å². The smallest absolute Gasteiger partial charge is 0.172 e. The van der Waals surface area contributed by atoms with Crippen molar-refractivity contribution in [3.63, 3.8) is 0 Å². The summed E-state index contributed by atoms with van der Waals surface area (Å²) in [4.78, 5) is 0. The Morgan fingerprint density at radius 2 is 2.00 bits per heavy atom. The predicted molar refractivity (Wildman–Crippen MR) is 119 cm³/mol. The van der Waals surface area contributed by atoms with Gasteiger partial charge in [0.15, 0.2) is 10.9 Å². The lowest BCUT2D eigenvalue weighted by Gasteiger charge is -2.09. The van der Waals surface area contributed by atoms with Gasteiger partial charge in [-0.05, 0) is 62.1 Å². The highest BCUT2D eigenvalue weighted by molar-refractivity contribution is 9.10. The Labute approximate surface area is 184 Å². The molecule has 0 fully saturated rings. The summed E-state index contributed by atoms with van der Waals surface area (Å²) in [6.45, 7) is 2.14. The lowest BCUT2D eigenvalue weighted by molar-refractivity contribution is 0.573. The average molecular weight is 533 g/mol. The molecule has 3 rings (SSSR count). The van der Waals surface area contributed by atoms with E-state index in [1.54, 1.807) is 6.20 Å². The largest absolute Gasteiger partial charge is 0.362 e. The quantitative estimate of drug-likeness (QED) is 0.342. The Hall–Kier alpha value is -1.42.